The van der Waals surface area contributed by atoms with Crippen molar-refractivity contribution in [1.29, 1.82) is 0 Å². The van der Waals surface area contributed by atoms with Gasteiger partial charge in [0.15, 0.2) is 0 Å². The zero-order valence-corrected chi connectivity index (χ0v) is 12.9. The minimum atomic E-state index is -0.527. The predicted octanol–water partition coefficient (Wildman–Crippen LogP) is 3.52. The standard InChI is InChI=1S/C16H22ClNO/c1-5-8-12-18(13(4)19)15-14(6-2)10-9-11-16(15,17)7-3/h9-11,15H,6-7,12H2,1-4H3. The van der Waals surface area contributed by atoms with Gasteiger partial charge >= 0.3 is 0 Å². The Bertz CT molecular complexity index is 455. The molecule has 2 unspecified atom stereocenters. The lowest BCUT2D eigenvalue weighted by molar-refractivity contribution is -0.130. The average molecular weight is 280 g/mol. The van der Waals surface area contributed by atoms with Gasteiger partial charge in [0, 0.05) is 6.92 Å². The minimum absolute atomic E-state index is 0.0147. The molecular weight excluding hydrogens is 258 g/mol. The molecule has 0 saturated heterocycles. The molecule has 3 heteroatoms. The summed E-state index contributed by atoms with van der Waals surface area (Å²) in [5.74, 6) is 5.84. The summed E-state index contributed by atoms with van der Waals surface area (Å²) in [5, 5.41) is 0. The van der Waals surface area contributed by atoms with E-state index < -0.39 is 4.87 Å². The van der Waals surface area contributed by atoms with Gasteiger partial charge in [-0.15, -0.1) is 17.5 Å². The molecule has 19 heavy (non-hydrogen) atoms. The van der Waals surface area contributed by atoms with Crippen molar-refractivity contribution in [3.63, 3.8) is 0 Å². The molecule has 1 aliphatic rings. The van der Waals surface area contributed by atoms with Crippen molar-refractivity contribution in [2.24, 2.45) is 0 Å². The van der Waals surface area contributed by atoms with Crippen LogP contribution >= 0.6 is 11.6 Å². The van der Waals surface area contributed by atoms with Crippen molar-refractivity contribution in [3.8, 4) is 11.8 Å². The normalized spacial score (nSPS) is 25.3. The molecule has 1 rings (SSSR count). The van der Waals surface area contributed by atoms with Gasteiger partial charge in [-0.3, -0.25) is 4.79 Å². The van der Waals surface area contributed by atoms with Crippen LogP contribution in [-0.2, 0) is 4.79 Å². The van der Waals surface area contributed by atoms with Gasteiger partial charge in [-0.05, 0) is 25.3 Å². The van der Waals surface area contributed by atoms with Crippen LogP contribution in [0.2, 0.25) is 0 Å². The Morgan fingerprint density at radius 2 is 2.21 bits per heavy atom. The van der Waals surface area contributed by atoms with E-state index in [1.54, 1.807) is 18.7 Å². The number of alkyl halides is 1. The first-order chi connectivity index (χ1) is 9.00. The Hall–Kier alpha value is -1.20. The molecule has 1 aliphatic carbocycles. The van der Waals surface area contributed by atoms with Crippen LogP contribution in [0.5, 0.6) is 0 Å². The van der Waals surface area contributed by atoms with E-state index in [1.807, 2.05) is 19.1 Å². The minimum Gasteiger partial charge on any atom is -0.323 e. The van der Waals surface area contributed by atoms with Crippen molar-refractivity contribution >= 4 is 17.5 Å². The van der Waals surface area contributed by atoms with Gasteiger partial charge in [-0.25, -0.2) is 0 Å². The fraction of sp³-hybridized carbons (Fsp3) is 0.562. The maximum atomic E-state index is 12.0. The lowest BCUT2D eigenvalue weighted by Gasteiger charge is -2.42. The third-order valence-electron chi connectivity index (χ3n) is 3.58. The number of carbonyl (C=O) groups is 1. The number of hydrogen-bond acceptors (Lipinski definition) is 1. The molecule has 0 bridgehead atoms. The smallest absolute Gasteiger partial charge is 0.220 e. The van der Waals surface area contributed by atoms with E-state index in [1.165, 1.54) is 5.57 Å². The van der Waals surface area contributed by atoms with Crippen LogP contribution in [0.15, 0.2) is 23.8 Å². The fourth-order valence-corrected chi connectivity index (χ4v) is 2.78. The maximum absolute atomic E-state index is 12.0. The summed E-state index contributed by atoms with van der Waals surface area (Å²) >= 11 is 6.75. The molecule has 0 saturated carbocycles. The van der Waals surface area contributed by atoms with E-state index >= 15 is 0 Å². The molecule has 0 heterocycles. The van der Waals surface area contributed by atoms with Crippen molar-refractivity contribution in [2.45, 2.75) is 51.5 Å². The summed E-state index contributed by atoms with van der Waals surface area (Å²) in [7, 11) is 0. The number of rotatable bonds is 4. The van der Waals surface area contributed by atoms with Crippen molar-refractivity contribution in [3.05, 3.63) is 23.8 Å². The van der Waals surface area contributed by atoms with Crippen molar-refractivity contribution in [2.75, 3.05) is 6.54 Å². The van der Waals surface area contributed by atoms with Crippen LogP contribution in [0, 0.1) is 11.8 Å². The summed E-state index contributed by atoms with van der Waals surface area (Å²) in [4.78, 5) is 13.2. The number of nitrogens with zero attached hydrogens (tertiary/aromatic N) is 1. The van der Waals surface area contributed by atoms with Crippen LogP contribution < -0.4 is 0 Å². The van der Waals surface area contributed by atoms with Crippen molar-refractivity contribution in [1.82, 2.24) is 4.90 Å². The SMILES string of the molecule is CC#CCN(C(C)=O)C1C(CC)=CC=CC1(Cl)CC. The van der Waals surface area contributed by atoms with E-state index in [0.717, 1.165) is 12.8 Å². The third-order valence-corrected chi connectivity index (χ3v) is 4.18. The van der Waals surface area contributed by atoms with E-state index in [0.29, 0.717) is 6.54 Å². The molecule has 1 amide bonds. The zero-order valence-electron chi connectivity index (χ0n) is 12.2. The fourth-order valence-electron chi connectivity index (χ4n) is 2.45. The summed E-state index contributed by atoms with van der Waals surface area (Å²) in [6, 6.07) is -0.104. The molecule has 0 aliphatic heterocycles. The molecular formula is C16H22ClNO. The highest BCUT2D eigenvalue weighted by molar-refractivity contribution is 6.26. The predicted molar refractivity (Wildman–Crippen MR) is 81.0 cm³/mol. The Morgan fingerprint density at radius 1 is 1.53 bits per heavy atom. The molecule has 104 valence electrons. The summed E-state index contributed by atoms with van der Waals surface area (Å²) < 4.78 is 0. The highest BCUT2D eigenvalue weighted by atomic mass is 35.5. The number of carbonyl (C=O) groups excluding carboxylic acids is 1. The van der Waals surface area contributed by atoms with Gasteiger partial charge in [0.1, 0.15) is 0 Å². The van der Waals surface area contributed by atoms with Gasteiger partial charge < -0.3 is 4.90 Å². The quantitative estimate of drug-likeness (QED) is 0.570. The molecule has 0 aromatic heterocycles. The van der Waals surface area contributed by atoms with Gasteiger partial charge in [0.2, 0.25) is 5.91 Å². The largest absolute Gasteiger partial charge is 0.323 e. The molecule has 0 spiro atoms. The highest BCUT2D eigenvalue weighted by Crippen LogP contribution is 2.37. The monoisotopic (exact) mass is 279 g/mol. The van der Waals surface area contributed by atoms with Crippen LogP contribution in [0.3, 0.4) is 0 Å². The van der Waals surface area contributed by atoms with Gasteiger partial charge in [0.05, 0.1) is 17.5 Å². The zero-order chi connectivity index (χ0) is 14.5. The molecule has 0 fully saturated rings. The van der Waals surface area contributed by atoms with Gasteiger partial charge in [-0.2, -0.15) is 0 Å². The number of hydrogen-bond donors (Lipinski definition) is 0. The molecule has 0 radical (unpaired) electrons. The second-order valence-electron chi connectivity index (χ2n) is 4.71. The van der Waals surface area contributed by atoms with Gasteiger partial charge in [-0.1, -0.05) is 38.0 Å². The summed E-state index contributed by atoms with van der Waals surface area (Å²) in [5.41, 5.74) is 1.19. The number of amides is 1. The lowest BCUT2D eigenvalue weighted by atomic mass is 9.83. The molecule has 0 N–H and O–H groups in total. The van der Waals surface area contributed by atoms with E-state index in [-0.39, 0.29) is 11.9 Å². The van der Waals surface area contributed by atoms with Crippen LogP contribution in [0.1, 0.15) is 40.5 Å². The third kappa shape index (κ3) is 3.42. The first-order valence-electron chi connectivity index (χ1n) is 6.74. The Morgan fingerprint density at radius 3 is 2.68 bits per heavy atom. The second-order valence-corrected chi connectivity index (χ2v) is 5.41. The molecule has 0 aromatic rings. The van der Waals surface area contributed by atoms with E-state index in [4.69, 9.17) is 11.6 Å². The summed E-state index contributed by atoms with van der Waals surface area (Å²) in [6.45, 7) is 7.93. The summed E-state index contributed by atoms with van der Waals surface area (Å²) in [6.07, 6.45) is 7.71. The maximum Gasteiger partial charge on any atom is 0.220 e. The number of allylic oxidation sites excluding steroid dienone is 2. The van der Waals surface area contributed by atoms with Gasteiger partial charge in [0.25, 0.3) is 0 Å². The number of halogens is 1. The Balaban J connectivity index is 3.19. The first kappa shape index (κ1) is 15.9. The molecule has 2 atom stereocenters. The Labute approximate surface area is 121 Å². The lowest BCUT2D eigenvalue weighted by Crippen LogP contribution is -2.52. The Kier molecular flexibility index (Phi) is 5.69. The van der Waals surface area contributed by atoms with Crippen molar-refractivity contribution < 1.29 is 4.79 Å². The first-order valence-corrected chi connectivity index (χ1v) is 7.12. The van der Waals surface area contributed by atoms with Crippen LogP contribution in [-0.4, -0.2) is 28.3 Å². The van der Waals surface area contributed by atoms with E-state index in [2.05, 4.69) is 24.8 Å². The highest BCUT2D eigenvalue weighted by Gasteiger charge is 2.41. The molecule has 0 aromatic carbocycles. The average Bonchev–Trinajstić information content (AvgIpc) is 2.40. The topological polar surface area (TPSA) is 20.3 Å². The second kappa shape index (κ2) is 6.82. The molecule has 2 nitrogen and oxygen atoms in total. The van der Waals surface area contributed by atoms with E-state index in [9.17, 15) is 4.79 Å². The van der Waals surface area contributed by atoms with Crippen LogP contribution in [0.4, 0.5) is 0 Å². The van der Waals surface area contributed by atoms with Crippen LogP contribution in [0.25, 0.3) is 0 Å².